The second-order valence-electron chi connectivity index (χ2n) is 13.6. The normalized spacial score (nSPS) is 13.6. The van der Waals surface area contributed by atoms with Gasteiger partial charge in [0.2, 0.25) is 23.1 Å². The predicted octanol–water partition coefficient (Wildman–Crippen LogP) is -3.50. The van der Waals surface area contributed by atoms with Crippen molar-refractivity contribution in [3.05, 3.63) is 189 Å². The number of hydrogen-bond acceptors (Lipinski definition) is 30. The predicted molar refractivity (Wildman–Crippen MR) is 261 cm³/mol. The molecule has 2 aliphatic rings. The number of phenols is 2. The van der Waals surface area contributed by atoms with Crippen molar-refractivity contribution in [3.63, 3.8) is 0 Å². The maximum absolute atomic E-state index is 11.4. The molecule has 0 unspecified atom stereocenters. The van der Waals surface area contributed by atoms with Crippen LogP contribution in [0.5, 0.6) is 23.3 Å². The minimum absolute atomic E-state index is 0. The third kappa shape index (κ3) is 20.9. The maximum Gasteiger partial charge on any atom is 1.00 e. The van der Waals surface area contributed by atoms with Crippen molar-refractivity contribution in [2.24, 2.45) is 40.9 Å². The van der Waals surface area contributed by atoms with Crippen LogP contribution in [0.4, 0.5) is 44.1 Å². The molecule has 10 N–H and O–H groups in total. The number of H-pyrrole nitrogens is 4. The molecule has 0 bridgehead atoms. The Balaban J connectivity index is 0.000000539. The van der Waals surface area contributed by atoms with Gasteiger partial charge in [-0.2, -0.15) is 0 Å². The minimum atomic E-state index is -0.985. The van der Waals surface area contributed by atoms with E-state index in [9.17, 15) is 99.9 Å². The molecule has 0 saturated heterocycles. The summed E-state index contributed by atoms with van der Waals surface area (Å²) in [5.41, 5.74) is -5.81. The summed E-state index contributed by atoms with van der Waals surface area (Å²) < 4.78 is 0. The Kier molecular flexibility index (Phi) is 28.4. The van der Waals surface area contributed by atoms with Crippen LogP contribution in [0.2, 0.25) is 0 Å². The first-order valence-corrected chi connectivity index (χ1v) is 21.5. The molecule has 2 aliphatic carbocycles. The zero-order chi connectivity index (χ0) is 57.4. The molecule has 0 spiro atoms. The second kappa shape index (κ2) is 32.9. The number of rotatable bonds is 10. The molecule has 4 aromatic heterocycles. The van der Waals surface area contributed by atoms with Gasteiger partial charge in [-0.25, -0.2) is 9.59 Å². The van der Waals surface area contributed by atoms with Crippen LogP contribution >= 0.6 is 22.7 Å². The van der Waals surface area contributed by atoms with Gasteiger partial charge in [0.25, 0.3) is 22.5 Å². The van der Waals surface area contributed by atoms with Gasteiger partial charge in [-0.05, 0) is 36.4 Å². The number of aromatic nitrogens is 6. The van der Waals surface area contributed by atoms with Crippen LogP contribution in [0, 0.1) is 40.5 Å². The fourth-order valence-corrected chi connectivity index (χ4v) is 6.00. The number of benzene rings is 2. The number of azo groups is 2. The van der Waals surface area contributed by atoms with Crippen molar-refractivity contribution in [2.45, 2.75) is 0 Å². The summed E-state index contributed by atoms with van der Waals surface area (Å²) in [5, 5.41) is 126. The molecule has 4 heterocycles. The van der Waals surface area contributed by atoms with E-state index in [-0.39, 0.29) is 170 Å². The SMILES string of the molecule is O=C1C=C/C(=N\N=c2/[n-]cc([N+](=O)[O-])s2)C(O)=C1.O=C1C=C/C(=N\N=c2/[n-]cc([N+](=O)[O-])s2)C(O)=C1.O=c1[nH]c(O)c(N=Nc2ccc([N+](=O)[O-])cc2O)c(=O)[nH]1.O=c1[nH]c(O)c(N=Nc2ccc([N+](=O)[O-])cc2O)c(=O)[nH]1.[Co].[Co].[Na+].[Na+]. The number of non-ortho nitro benzene ring substituents is 2. The summed E-state index contributed by atoms with van der Waals surface area (Å²) in [4.78, 5) is 120. The van der Waals surface area contributed by atoms with E-state index in [1.807, 2.05) is 19.9 Å². The van der Waals surface area contributed by atoms with Gasteiger partial charge in [0.15, 0.2) is 11.6 Å². The van der Waals surface area contributed by atoms with E-state index in [0.717, 1.165) is 83.6 Å². The van der Waals surface area contributed by atoms with Crippen molar-refractivity contribution >= 4 is 89.8 Å². The Morgan fingerprint density at radius 1 is 0.476 bits per heavy atom. The average Bonchev–Trinajstić information content (AvgIpc) is 4.05. The topological polar surface area (TPSA) is 587 Å². The van der Waals surface area contributed by atoms with E-state index in [1.165, 1.54) is 24.3 Å². The van der Waals surface area contributed by atoms with Crippen molar-refractivity contribution in [1.82, 2.24) is 29.9 Å². The zero-order valence-electron chi connectivity index (χ0n) is 40.2. The number of carbonyl (C=O) groups is 2. The van der Waals surface area contributed by atoms with Gasteiger partial charge < -0.3 is 50.8 Å². The molecule has 44 heteroatoms. The van der Waals surface area contributed by atoms with E-state index in [2.05, 4.69) is 50.8 Å². The van der Waals surface area contributed by atoms with Gasteiger partial charge in [0.1, 0.15) is 45.8 Å². The minimum Gasteiger partial charge on any atom is -0.506 e. The van der Waals surface area contributed by atoms with Gasteiger partial charge in [-0.15, -0.1) is 20.5 Å². The molecular formula is C38H24Co2N18Na2O20S2. The number of nitro groups is 4. The van der Waals surface area contributed by atoms with Gasteiger partial charge in [0, 0.05) is 79.8 Å². The number of aromatic hydroxyl groups is 4. The number of aromatic amines is 4. The molecule has 0 saturated carbocycles. The molecular weight excluding hydrogens is 1260 g/mol. The summed E-state index contributed by atoms with van der Waals surface area (Å²) in [6.07, 6.45) is 9.17. The summed E-state index contributed by atoms with van der Waals surface area (Å²) in [6.45, 7) is 0. The Morgan fingerprint density at radius 3 is 1.11 bits per heavy atom. The average molecular weight is 1280 g/mol. The number of nitrogens with zero attached hydrogens (tertiary/aromatic N) is 14. The number of hydrogen-bond donors (Lipinski definition) is 10. The number of thiazole rings is 2. The van der Waals surface area contributed by atoms with Crippen LogP contribution in [-0.4, -0.2) is 93.3 Å². The van der Waals surface area contributed by atoms with Crippen LogP contribution in [0.3, 0.4) is 0 Å². The van der Waals surface area contributed by atoms with E-state index in [4.69, 9.17) is 0 Å². The van der Waals surface area contributed by atoms with Gasteiger partial charge >= 0.3 is 80.5 Å². The van der Waals surface area contributed by atoms with Crippen LogP contribution in [0.1, 0.15) is 0 Å². The second-order valence-corrected chi connectivity index (χ2v) is 15.6. The van der Waals surface area contributed by atoms with Crippen LogP contribution in [0.15, 0.2) is 157 Å². The molecule has 0 fully saturated rings. The fourth-order valence-electron chi connectivity index (χ4n) is 4.89. The number of aliphatic hydroxyl groups is 2. The number of aliphatic hydroxyl groups excluding tert-OH is 2. The Bertz CT molecular complexity index is 3840. The number of nitro benzene ring substituents is 2. The Labute approximate surface area is 520 Å². The zero-order valence-corrected chi connectivity index (χ0v) is 47.9. The molecule has 418 valence electrons. The largest absolute Gasteiger partial charge is 1.00 e. The molecule has 0 aliphatic heterocycles. The number of phenolic OH excluding ortho intramolecular Hbond substituents is 2. The van der Waals surface area contributed by atoms with E-state index in [1.54, 1.807) is 0 Å². The molecule has 2 radical (unpaired) electrons. The first-order valence-electron chi connectivity index (χ1n) is 19.8. The van der Waals surface area contributed by atoms with Crippen molar-refractivity contribution in [2.75, 3.05) is 0 Å². The van der Waals surface area contributed by atoms with Crippen molar-refractivity contribution in [3.8, 4) is 23.3 Å². The summed E-state index contributed by atoms with van der Waals surface area (Å²) >= 11 is 1.51. The molecule has 82 heavy (non-hydrogen) atoms. The molecule has 38 nitrogen and oxygen atoms in total. The number of ketones is 2. The van der Waals surface area contributed by atoms with Gasteiger partial charge in [-0.1, -0.05) is 22.7 Å². The van der Waals surface area contributed by atoms with E-state index >= 15 is 0 Å². The third-order valence-electron chi connectivity index (χ3n) is 8.35. The van der Waals surface area contributed by atoms with Crippen LogP contribution in [-0.2, 0) is 43.1 Å². The third-order valence-corrected chi connectivity index (χ3v) is 10.0. The summed E-state index contributed by atoms with van der Waals surface area (Å²) in [7, 11) is 0. The van der Waals surface area contributed by atoms with Gasteiger partial charge in [-0.3, -0.25) is 89.8 Å². The quantitative estimate of drug-likeness (QED) is 0.0209. The molecule has 0 atom stereocenters. The monoisotopic (exact) mass is 1280 g/mol. The first kappa shape index (κ1) is 70.9. The summed E-state index contributed by atoms with van der Waals surface area (Å²) in [5.74, 6) is -3.98. The Hall–Kier alpha value is -9.09. The van der Waals surface area contributed by atoms with Gasteiger partial charge in [0.05, 0.1) is 31.8 Å². The van der Waals surface area contributed by atoms with Crippen LogP contribution < -0.4 is 101 Å². The summed E-state index contributed by atoms with van der Waals surface area (Å²) in [6, 6.07) is 6.06. The number of allylic oxidation sites excluding steroid dienone is 6. The first-order chi connectivity index (χ1) is 36.9. The molecule has 2 aromatic carbocycles. The maximum atomic E-state index is 11.4. The van der Waals surface area contributed by atoms with E-state index in [0.29, 0.717) is 0 Å². The number of carbonyl (C=O) groups excluding carboxylic acids is 2. The molecule has 0 amide bonds. The fraction of sp³-hybridized carbons (Fsp3) is 0. The van der Waals surface area contributed by atoms with E-state index < -0.39 is 76.8 Å². The van der Waals surface area contributed by atoms with Crippen LogP contribution in [0.25, 0.3) is 0 Å². The van der Waals surface area contributed by atoms with Crippen molar-refractivity contribution in [1.29, 1.82) is 0 Å². The number of nitrogens with one attached hydrogen (secondary N) is 4. The smallest absolute Gasteiger partial charge is 0.506 e. The molecule has 8 rings (SSSR count). The standard InChI is InChI=1S/2C10H7N5O6.2C9H6N4O4S.2Co.2Na/c2*16-6-3-4(15(20)21)1-2-5(6)13-14-7-8(17)11-10(19)12-9(7)18;2*14-5-1-2-6(7(15)3-5)11-12-9-10-4-8(18-9)13(16)17;;;;/h2*1-3,16H,(H3,11,12,17,18,19);2*1-4H,(H2,10,12,14,15);;;;/q;;;;;;2*+1/p-2. The molecule has 6 aromatic rings. The van der Waals surface area contributed by atoms with Crippen molar-refractivity contribution < 1.29 is 153 Å². The Morgan fingerprint density at radius 2 is 0.829 bits per heavy atom.